The topological polar surface area (TPSA) is 83.6 Å². The number of piperidine rings is 1. The van der Waals surface area contributed by atoms with Gasteiger partial charge in [-0.15, -0.1) is 11.3 Å². The highest BCUT2D eigenvalue weighted by Gasteiger charge is 2.29. The molecule has 0 spiro atoms. The summed E-state index contributed by atoms with van der Waals surface area (Å²) in [5, 5.41) is 0. The van der Waals surface area contributed by atoms with E-state index < -0.39 is 26.1 Å². The second-order valence-electron chi connectivity index (χ2n) is 4.64. The van der Waals surface area contributed by atoms with E-state index in [1.165, 1.54) is 16.4 Å². The fourth-order valence-corrected chi connectivity index (χ4v) is 5.73. The van der Waals surface area contributed by atoms with Crippen LogP contribution in [0.5, 0.6) is 0 Å². The standard InChI is InChI=1S/C10H15ClN2O4S3/c1-19(14,15)13-6-2-3-8(7-13)12-20(16,17)10-5-4-9(11)18-10/h4-5,8,12H,2-3,6-7H2,1H3. The Morgan fingerprint density at radius 2 is 2.05 bits per heavy atom. The molecule has 114 valence electrons. The van der Waals surface area contributed by atoms with E-state index >= 15 is 0 Å². The summed E-state index contributed by atoms with van der Waals surface area (Å²) in [5.74, 6) is 0. The molecule has 1 aromatic rings. The first kappa shape index (κ1) is 16.2. The molecular formula is C10H15ClN2O4S3. The molecule has 0 aliphatic carbocycles. The summed E-state index contributed by atoms with van der Waals surface area (Å²) >= 11 is 6.70. The van der Waals surface area contributed by atoms with Crippen molar-refractivity contribution in [3.8, 4) is 0 Å². The Balaban J connectivity index is 2.10. The first-order valence-corrected chi connectivity index (χ1v) is 10.4. The fraction of sp³-hybridized carbons (Fsp3) is 0.600. The largest absolute Gasteiger partial charge is 0.250 e. The van der Waals surface area contributed by atoms with Gasteiger partial charge in [0.2, 0.25) is 20.0 Å². The van der Waals surface area contributed by atoms with Gasteiger partial charge in [0.15, 0.2) is 0 Å². The molecule has 1 aliphatic rings. The molecule has 0 radical (unpaired) electrons. The highest BCUT2D eigenvalue weighted by molar-refractivity contribution is 7.91. The lowest BCUT2D eigenvalue weighted by atomic mass is 10.1. The number of halogens is 1. The second-order valence-corrected chi connectivity index (χ2v) is 10.3. The molecule has 1 atom stereocenters. The Bertz CT molecular complexity index is 683. The van der Waals surface area contributed by atoms with Gasteiger partial charge in [-0.1, -0.05) is 11.6 Å². The number of nitrogens with one attached hydrogen (secondary N) is 1. The molecule has 1 fully saturated rings. The van der Waals surface area contributed by atoms with Crippen LogP contribution in [0.1, 0.15) is 12.8 Å². The van der Waals surface area contributed by atoms with Gasteiger partial charge in [0.25, 0.3) is 0 Å². The van der Waals surface area contributed by atoms with Crippen molar-refractivity contribution in [2.24, 2.45) is 0 Å². The molecular weight excluding hydrogens is 344 g/mol. The normalized spacial score (nSPS) is 22.0. The molecule has 20 heavy (non-hydrogen) atoms. The van der Waals surface area contributed by atoms with E-state index in [1.807, 2.05) is 0 Å². The lowest BCUT2D eigenvalue weighted by molar-refractivity contribution is 0.305. The van der Waals surface area contributed by atoms with Crippen LogP contribution in [0.3, 0.4) is 0 Å². The van der Waals surface area contributed by atoms with E-state index in [9.17, 15) is 16.8 Å². The summed E-state index contributed by atoms with van der Waals surface area (Å²) in [7, 11) is -6.94. The summed E-state index contributed by atoms with van der Waals surface area (Å²) < 4.78 is 51.7. The van der Waals surface area contributed by atoms with E-state index in [-0.39, 0.29) is 10.8 Å². The molecule has 1 saturated heterocycles. The Hall–Kier alpha value is -0.190. The van der Waals surface area contributed by atoms with Crippen LogP contribution in [0.25, 0.3) is 0 Å². The molecule has 0 bridgehead atoms. The summed E-state index contributed by atoms with van der Waals surface area (Å²) in [6, 6.07) is 2.54. The molecule has 2 rings (SSSR count). The average Bonchev–Trinajstić information content (AvgIpc) is 2.75. The zero-order valence-electron chi connectivity index (χ0n) is 10.7. The maximum Gasteiger partial charge on any atom is 0.250 e. The van der Waals surface area contributed by atoms with Crippen molar-refractivity contribution in [2.45, 2.75) is 23.1 Å². The summed E-state index contributed by atoms with van der Waals surface area (Å²) in [6.45, 7) is 0.596. The number of sulfonamides is 2. The van der Waals surface area contributed by atoms with E-state index in [0.717, 1.165) is 17.6 Å². The molecule has 10 heteroatoms. The third kappa shape index (κ3) is 3.92. The molecule has 0 amide bonds. The lowest BCUT2D eigenvalue weighted by Crippen LogP contribution is -2.49. The summed E-state index contributed by atoms with van der Waals surface area (Å²) in [6.07, 6.45) is 2.37. The molecule has 1 aliphatic heterocycles. The van der Waals surface area contributed by atoms with Crippen LogP contribution in [-0.4, -0.2) is 46.5 Å². The van der Waals surface area contributed by atoms with Crippen LogP contribution in [-0.2, 0) is 20.0 Å². The van der Waals surface area contributed by atoms with Gasteiger partial charge >= 0.3 is 0 Å². The minimum Gasteiger partial charge on any atom is -0.213 e. The number of hydrogen-bond acceptors (Lipinski definition) is 5. The van der Waals surface area contributed by atoms with Gasteiger partial charge in [0.05, 0.1) is 10.6 Å². The van der Waals surface area contributed by atoms with Gasteiger partial charge in [0.1, 0.15) is 4.21 Å². The summed E-state index contributed by atoms with van der Waals surface area (Å²) in [4.78, 5) is 0. The van der Waals surface area contributed by atoms with Gasteiger partial charge in [0, 0.05) is 19.1 Å². The van der Waals surface area contributed by atoms with E-state index in [0.29, 0.717) is 23.7 Å². The highest BCUT2D eigenvalue weighted by atomic mass is 35.5. The van der Waals surface area contributed by atoms with Crippen molar-refractivity contribution in [2.75, 3.05) is 19.3 Å². The third-order valence-corrected chi connectivity index (χ3v) is 7.50. The van der Waals surface area contributed by atoms with Crippen molar-refractivity contribution in [3.05, 3.63) is 16.5 Å². The minimum atomic E-state index is -3.65. The molecule has 6 nitrogen and oxygen atoms in total. The van der Waals surface area contributed by atoms with Gasteiger partial charge in [-0.3, -0.25) is 0 Å². The van der Waals surface area contributed by atoms with Gasteiger partial charge in [-0.25, -0.2) is 25.9 Å². The molecule has 1 aromatic heterocycles. The van der Waals surface area contributed by atoms with Gasteiger partial charge in [-0.2, -0.15) is 0 Å². The van der Waals surface area contributed by atoms with Crippen molar-refractivity contribution < 1.29 is 16.8 Å². The lowest BCUT2D eigenvalue weighted by Gasteiger charge is -2.31. The van der Waals surface area contributed by atoms with Crippen LogP contribution in [0.15, 0.2) is 16.3 Å². The monoisotopic (exact) mass is 358 g/mol. The number of thiophene rings is 1. The SMILES string of the molecule is CS(=O)(=O)N1CCCC(NS(=O)(=O)c2ccc(Cl)s2)C1. The average molecular weight is 359 g/mol. The van der Waals surface area contributed by atoms with Crippen LogP contribution in [0.2, 0.25) is 4.34 Å². The second kappa shape index (κ2) is 5.90. The fourth-order valence-electron chi connectivity index (χ4n) is 2.06. The van der Waals surface area contributed by atoms with Crippen molar-refractivity contribution in [1.82, 2.24) is 9.03 Å². The number of rotatable bonds is 4. The molecule has 2 heterocycles. The smallest absolute Gasteiger partial charge is 0.213 e. The number of hydrogen-bond donors (Lipinski definition) is 1. The first-order valence-electron chi connectivity index (χ1n) is 5.91. The zero-order valence-corrected chi connectivity index (χ0v) is 13.9. The highest BCUT2D eigenvalue weighted by Crippen LogP contribution is 2.26. The Morgan fingerprint density at radius 3 is 2.60 bits per heavy atom. The predicted octanol–water partition coefficient (Wildman–Crippen LogP) is 1.10. The maximum atomic E-state index is 12.1. The zero-order chi connectivity index (χ0) is 15.0. The first-order chi connectivity index (χ1) is 9.18. The summed E-state index contributed by atoms with van der Waals surface area (Å²) in [5.41, 5.74) is 0. The maximum absolute atomic E-state index is 12.1. The number of nitrogens with zero attached hydrogens (tertiary/aromatic N) is 1. The predicted molar refractivity (Wildman–Crippen MR) is 79.1 cm³/mol. The van der Waals surface area contributed by atoms with Crippen LogP contribution >= 0.6 is 22.9 Å². The molecule has 1 N–H and O–H groups in total. The molecule has 0 saturated carbocycles. The Labute approximate surface area is 127 Å². The minimum absolute atomic E-state index is 0.138. The van der Waals surface area contributed by atoms with E-state index in [4.69, 9.17) is 11.6 Å². The van der Waals surface area contributed by atoms with Crippen LogP contribution in [0.4, 0.5) is 0 Å². The van der Waals surface area contributed by atoms with Crippen molar-refractivity contribution in [3.63, 3.8) is 0 Å². The third-order valence-electron chi connectivity index (χ3n) is 2.99. The molecule has 0 aromatic carbocycles. The Kier molecular flexibility index (Phi) is 4.77. The van der Waals surface area contributed by atoms with Crippen molar-refractivity contribution in [1.29, 1.82) is 0 Å². The van der Waals surface area contributed by atoms with Crippen LogP contribution in [0, 0.1) is 0 Å². The Morgan fingerprint density at radius 1 is 1.35 bits per heavy atom. The van der Waals surface area contributed by atoms with Crippen molar-refractivity contribution >= 4 is 43.0 Å². The van der Waals surface area contributed by atoms with Crippen LogP contribution < -0.4 is 4.72 Å². The van der Waals surface area contributed by atoms with E-state index in [1.54, 1.807) is 0 Å². The van der Waals surface area contributed by atoms with Gasteiger partial charge in [-0.05, 0) is 25.0 Å². The van der Waals surface area contributed by atoms with Gasteiger partial charge < -0.3 is 0 Å². The quantitative estimate of drug-likeness (QED) is 0.873. The van der Waals surface area contributed by atoms with E-state index in [2.05, 4.69) is 4.72 Å². The molecule has 1 unspecified atom stereocenters.